The Balaban J connectivity index is 1.99. The van der Waals surface area contributed by atoms with Crippen LogP contribution in [-0.2, 0) is 9.59 Å². The number of rotatable bonds is 4. The van der Waals surface area contributed by atoms with Crippen molar-refractivity contribution in [2.75, 3.05) is 11.9 Å². The highest BCUT2D eigenvalue weighted by molar-refractivity contribution is 5.98. The summed E-state index contributed by atoms with van der Waals surface area (Å²) in [5.74, 6) is -1.02. The number of nitrogens with one attached hydrogen (secondary N) is 1. The van der Waals surface area contributed by atoms with E-state index in [9.17, 15) is 14.4 Å². The lowest BCUT2D eigenvalue weighted by Gasteiger charge is -2.20. The van der Waals surface area contributed by atoms with Crippen LogP contribution in [0.25, 0.3) is 0 Å². The van der Waals surface area contributed by atoms with Crippen molar-refractivity contribution in [3.63, 3.8) is 0 Å². The third-order valence-corrected chi connectivity index (χ3v) is 3.59. The van der Waals surface area contributed by atoms with Gasteiger partial charge in [-0.1, -0.05) is 0 Å². The monoisotopic (exact) mass is 289 g/mol. The maximum atomic E-state index is 12.2. The van der Waals surface area contributed by atoms with E-state index in [2.05, 4.69) is 5.32 Å². The molecule has 21 heavy (non-hydrogen) atoms. The first-order chi connectivity index (χ1) is 9.88. The molecule has 1 fully saturated rings. The number of likely N-dealkylation sites (tertiary alicyclic amines) is 1. The highest BCUT2D eigenvalue weighted by atomic mass is 16.2. The van der Waals surface area contributed by atoms with E-state index in [4.69, 9.17) is 5.73 Å². The molecule has 3 N–H and O–H groups in total. The van der Waals surface area contributed by atoms with Crippen LogP contribution in [0.1, 0.15) is 30.6 Å². The summed E-state index contributed by atoms with van der Waals surface area (Å²) in [6.07, 6.45) is 0.239. The van der Waals surface area contributed by atoms with Gasteiger partial charge in [-0.15, -0.1) is 0 Å². The van der Waals surface area contributed by atoms with E-state index in [-0.39, 0.29) is 30.2 Å². The molecule has 0 saturated carbocycles. The molecule has 6 nitrogen and oxygen atoms in total. The summed E-state index contributed by atoms with van der Waals surface area (Å²) in [5, 5.41) is 2.76. The fraction of sp³-hybridized carbons (Fsp3) is 0.400. The number of carbonyl (C=O) groups is 3. The van der Waals surface area contributed by atoms with E-state index in [1.165, 1.54) is 0 Å². The molecule has 0 aliphatic carbocycles. The molecule has 1 atom stereocenters. The van der Waals surface area contributed by atoms with Gasteiger partial charge in [0.1, 0.15) is 0 Å². The molecular weight excluding hydrogens is 270 g/mol. The Kier molecular flexibility index (Phi) is 4.26. The number of nitrogens with zero attached hydrogens (tertiary/aromatic N) is 1. The van der Waals surface area contributed by atoms with Gasteiger partial charge in [-0.3, -0.25) is 14.4 Å². The van der Waals surface area contributed by atoms with Crippen molar-refractivity contribution in [1.82, 2.24) is 4.90 Å². The average Bonchev–Trinajstić information content (AvgIpc) is 2.81. The molecule has 0 radical (unpaired) electrons. The Morgan fingerprint density at radius 2 is 1.90 bits per heavy atom. The van der Waals surface area contributed by atoms with Gasteiger partial charge in [0.2, 0.25) is 17.7 Å². The first kappa shape index (κ1) is 15.0. The van der Waals surface area contributed by atoms with E-state index in [0.29, 0.717) is 17.8 Å². The number of primary amides is 1. The Labute approximate surface area is 123 Å². The van der Waals surface area contributed by atoms with Gasteiger partial charge in [0.05, 0.1) is 5.92 Å². The predicted molar refractivity (Wildman–Crippen MR) is 78.5 cm³/mol. The number of carbonyl (C=O) groups excluding carboxylic acids is 3. The zero-order chi connectivity index (χ0) is 15.6. The van der Waals surface area contributed by atoms with Gasteiger partial charge in [-0.25, -0.2) is 0 Å². The minimum absolute atomic E-state index is 0.00854. The fourth-order valence-electron chi connectivity index (χ4n) is 2.37. The van der Waals surface area contributed by atoms with Crippen molar-refractivity contribution in [3.8, 4) is 0 Å². The number of hydrogen-bond acceptors (Lipinski definition) is 3. The largest absolute Gasteiger partial charge is 0.366 e. The van der Waals surface area contributed by atoms with Crippen LogP contribution >= 0.6 is 0 Å². The second-order valence-corrected chi connectivity index (χ2v) is 5.47. The highest BCUT2D eigenvalue weighted by Gasteiger charge is 2.35. The molecule has 1 heterocycles. The van der Waals surface area contributed by atoms with Gasteiger partial charge >= 0.3 is 0 Å². The molecular formula is C15H19N3O3. The van der Waals surface area contributed by atoms with Crippen LogP contribution in [-0.4, -0.2) is 35.2 Å². The maximum Gasteiger partial charge on any atom is 0.248 e. The molecule has 0 aromatic heterocycles. The van der Waals surface area contributed by atoms with Crippen molar-refractivity contribution in [2.45, 2.75) is 26.3 Å². The Bertz CT molecular complexity index is 566. The molecule has 1 aromatic rings. The Morgan fingerprint density at radius 3 is 2.38 bits per heavy atom. The van der Waals surface area contributed by atoms with E-state index in [0.717, 1.165) is 0 Å². The average molecular weight is 289 g/mol. The third kappa shape index (κ3) is 3.39. The van der Waals surface area contributed by atoms with E-state index < -0.39 is 5.91 Å². The van der Waals surface area contributed by atoms with Gasteiger partial charge in [0.15, 0.2) is 0 Å². The summed E-state index contributed by atoms with van der Waals surface area (Å²) in [5.41, 5.74) is 6.12. The summed E-state index contributed by atoms with van der Waals surface area (Å²) < 4.78 is 0. The molecule has 1 saturated heterocycles. The van der Waals surface area contributed by atoms with Gasteiger partial charge < -0.3 is 16.0 Å². The second-order valence-electron chi connectivity index (χ2n) is 5.47. The zero-order valence-corrected chi connectivity index (χ0v) is 12.1. The predicted octanol–water partition coefficient (Wildman–Crippen LogP) is 0.981. The Hall–Kier alpha value is -2.37. The molecule has 0 spiro atoms. The summed E-state index contributed by atoms with van der Waals surface area (Å²) in [6.45, 7) is 4.31. The van der Waals surface area contributed by atoms with Gasteiger partial charge in [-0.05, 0) is 38.1 Å². The molecule has 1 unspecified atom stereocenters. The van der Waals surface area contributed by atoms with Crippen molar-refractivity contribution in [3.05, 3.63) is 29.8 Å². The molecule has 1 aromatic carbocycles. The fourth-order valence-corrected chi connectivity index (χ4v) is 2.37. The minimum atomic E-state index is -0.512. The van der Waals surface area contributed by atoms with Crippen molar-refractivity contribution >= 4 is 23.4 Å². The van der Waals surface area contributed by atoms with Crippen LogP contribution in [0.4, 0.5) is 5.69 Å². The van der Waals surface area contributed by atoms with Crippen LogP contribution in [0.2, 0.25) is 0 Å². The highest BCUT2D eigenvalue weighted by Crippen LogP contribution is 2.22. The lowest BCUT2D eigenvalue weighted by atomic mass is 10.1. The van der Waals surface area contributed by atoms with E-state index in [1.807, 2.05) is 13.8 Å². The van der Waals surface area contributed by atoms with Crippen LogP contribution < -0.4 is 11.1 Å². The summed E-state index contributed by atoms with van der Waals surface area (Å²) in [7, 11) is 0. The molecule has 0 bridgehead atoms. The van der Waals surface area contributed by atoms with Crippen LogP contribution in [0.15, 0.2) is 24.3 Å². The molecule has 3 amide bonds. The van der Waals surface area contributed by atoms with Crippen molar-refractivity contribution in [2.24, 2.45) is 11.7 Å². The topological polar surface area (TPSA) is 92.5 Å². The number of hydrogen-bond donors (Lipinski definition) is 2. The standard InChI is InChI=1S/C15H19N3O3/c1-9(2)18-8-11(7-13(18)19)15(21)17-12-5-3-10(4-6-12)14(16)20/h3-6,9,11H,7-8H2,1-2H3,(H2,16,20)(H,17,21). The SMILES string of the molecule is CC(C)N1CC(C(=O)Nc2ccc(C(N)=O)cc2)CC1=O. The number of nitrogens with two attached hydrogens (primary N) is 1. The van der Waals surface area contributed by atoms with Crippen molar-refractivity contribution in [1.29, 1.82) is 0 Å². The zero-order valence-electron chi connectivity index (χ0n) is 12.1. The summed E-state index contributed by atoms with van der Waals surface area (Å²) >= 11 is 0. The van der Waals surface area contributed by atoms with Crippen LogP contribution in [0, 0.1) is 5.92 Å². The van der Waals surface area contributed by atoms with E-state index >= 15 is 0 Å². The van der Waals surface area contributed by atoms with Crippen molar-refractivity contribution < 1.29 is 14.4 Å². The lowest BCUT2D eigenvalue weighted by Crippen LogP contribution is -2.33. The maximum absolute atomic E-state index is 12.2. The van der Waals surface area contributed by atoms with Gasteiger partial charge in [0, 0.05) is 30.3 Å². The molecule has 112 valence electrons. The van der Waals surface area contributed by atoms with Crippen LogP contribution in [0.5, 0.6) is 0 Å². The quantitative estimate of drug-likeness (QED) is 0.865. The van der Waals surface area contributed by atoms with E-state index in [1.54, 1.807) is 29.2 Å². The normalized spacial score (nSPS) is 18.1. The smallest absolute Gasteiger partial charge is 0.248 e. The van der Waals surface area contributed by atoms with Crippen LogP contribution in [0.3, 0.4) is 0 Å². The second kappa shape index (κ2) is 5.95. The number of benzene rings is 1. The summed E-state index contributed by atoms with van der Waals surface area (Å²) in [6, 6.07) is 6.45. The third-order valence-electron chi connectivity index (χ3n) is 3.59. The lowest BCUT2D eigenvalue weighted by molar-refractivity contribution is -0.129. The Morgan fingerprint density at radius 1 is 1.29 bits per heavy atom. The minimum Gasteiger partial charge on any atom is -0.366 e. The first-order valence-corrected chi connectivity index (χ1v) is 6.88. The van der Waals surface area contributed by atoms with Gasteiger partial charge in [0.25, 0.3) is 0 Å². The number of anilines is 1. The summed E-state index contributed by atoms with van der Waals surface area (Å²) in [4.78, 5) is 36.6. The molecule has 2 rings (SSSR count). The molecule has 1 aliphatic rings. The number of amides is 3. The molecule has 6 heteroatoms. The first-order valence-electron chi connectivity index (χ1n) is 6.88. The van der Waals surface area contributed by atoms with Gasteiger partial charge in [-0.2, -0.15) is 0 Å². The molecule has 1 aliphatic heterocycles.